The van der Waals surface area contributed by atoms with Gasteiger partial charge in [-0.05, 0) is 42.0 Å². The molecule has 1 atom stereocenters. The Labute approximate surface area is 199 Å². The first-order valence-corrected chi connectivity index (χ1v) is 11.3. The number of halogens is 6. The van der Waals surface area contributed by atoms with Gasteiger partial charge in [0.05, 0.1) is 0 Å². The van der Waals surface area contributed by atoms with Gasteiger partial charge in [-0.15, -0.1) is 0 Å². The van der Waals surface area contributed by atoms with Crippen molar-refractivity contribution in [2.24, 2.45) is 11.3 Å². The van der Waals surface area contributed by atoms with E-state index >= 15 is 0 Å². The van der Waals surface area contributed by atoms with Gasteiger partial charge in [0.15, 0.2) is 5.92 Å². The van der Waals surface area contributed by atoms with Crippen LogP contribution in [0.25, 0.3) is 11.1 Å². The summed E-state index contributed by atoms with van der Waals surface area (Å²) in [5, 5.41) is 9.17. The minimum Gasteiger partial charge on any atom is -0.465 e. The molecule has 1 amide bonds. The number of amides is 1. The highest BCUT2D eigenvalue weighted by Crippen LogP contribution is 2.56. The molecule has 1 spiro atoms. The summed E-state index contributed by atoms with van der Waals surface area (Å²) < 4.78 is 82.9. The molecular formula is C25H26F6N2O2. The maximum Gasteiger partial charge on any atom is 0.407 e. The SMILES string of the molecule is Cc1cc(-c2ccccc2)ccc1CN1CC2(CCN(C(=O)O)CC2)C1C(C(F)(F)F)C(F)(F)F. The van der Waals surface area contributed by atoms with Crippen molar-refractivity contribution in [1.29, 1.82) is 0 Å². The van der Waals surface area contributed by atoms with Gasteiger partial charge < -0.3 is 10.0 Å². The van der Waals surface area contributed by atoms with E-state index in [2.05, 4.69) is 0 Å². The molecule has 2 aromatic carbocycles. The first kappa shape index (κ1) is 25.3. The monoisotopic (exact) mass is 500 g/mol. The molecule has 10 heteroatoms. The Hall–Kier alpha value is -2.75. The largest absolute Gasteiger partial charge is 0.465 e. The van der Waals surface area contributed by atoms with Crippen LogP contribution >= 0.6 is 0 Å². The van der Waals surface area contributed by atoms with Crippen LogP contribution in [0.4, 0.5) is 31.1 Å². The van der Waals surface area contributed by atoms with Gasteiger partial charge in [-0.1, -0.05) is 48.5 Å². The van der Waals surface area contributed by atoms with Gasteiger partial charge in [0.2, 0.25) is 0 Å². The van der Waals surface area contributed by atoms with Crippen molar-refractivity contribution >= 4 is 6.09 Å². The summed E-state index contributed by atoms with van der Waals surface area (Å²) >= 11 is 0. The first-order chi connectivity index (χ1) is 16.3. The number of nitrogens with zero attached hydrogens (tertiary/aromatic N) is 2. The highest BCUT2D eigenvalue weighted by Gasteiger charge is 2.69. The van der Waals surface area contributed by atoms with E-state index in [-0.39, 0.29) is 39.0 Å². The quantitative estimate of drug-likeness (QED) is 0.498. The molecule has 2 fully saturated rings. The number of benzene rings is 2. The third kappa shape index (κ3) is 4.98. The third-order valence-electron chi connectivity index (χ3n) is 7.41. The molecule has 2 aliphatic heterocycles. The zero-order valence-electron chi connectivity index (χ0n) is 19.0. The number of hydrogen-bond donors (Lipinski definition) is 1. The van der Waals surface area contributed by atoms with Crippen molar-refractivity contribution in [3.8, 4) is 11.1 Å². The lowest BCUT2D eigenvalue weighted by Crippen LogP contribution is -2.73. The number of piperidine rings is 1. The molecule has 2 heterocycles. The van der Waals surface area contributed by atoms with Crippen LogP contribution in [-0.4, -0.2) is 59.0 Å². The van der Waals surface area contributed by atoms with E-state index in [1.165, 1.54) is 4.90 Å². The van der Waals surface area contributed by atoms with Gasteiger partial charge in [-0.25, -0.2) is 4.79 Å². The summed E-state index contributed by atoms with van der Waals surface area (Å²) in [7, 11) is 0. The Morgan fingerprint density at radius 2 is 1.60 bits per heavy atom. The molecule has 35 heavy (non-hydrogen) atoms. The summed E-state index contributed by atoms with van der Waals surface area (Å²) in [5.74, 6) is -3.50. The fraction of sp³-hybridized carbons (Fsp3) is 0.480. The molecule has 0 radical (unpaired) electrons. The topological polar surface area (TPSA) is 43.8 Å². The second-order valence-corrected chi connectivity index (χ2v) is 9.55. The lowest BCUT2D eigenvalue weighted by Gasteiger charge is -2.62. The van der Waals surface area contributed by atoms with E-state index in [4.69, 9.17) is 0 Å². The van der Waals surface area contributed by atoms with Crippen molar-refractivity contribution in [3.05, 3.63) is 59.7 Å². The summed E-state index contributed by atoms with van der Waals surface area (Å²) in [6.45, 7) is 1.66. The van der Waals surface area contributed by atoms with Crippen molar-refractivity contribution in [3.63, 3.8) is 0 Å². The number of alkyl halides is 6. The van der Waals surface area contributed by atoms with Crippen molar-refractivity contribution < 1.29 is 36.2 Å². The third-order valence-corrected chi connectivity index (χ3v) is 7.41. The molecule has 2 aliphatic rings. The maximum atomic E-state index is 13.8. The van der Waals surface area contributed by atoms with Gasteiger partial charge in [0, 0.05) is 37.6 Å². The number of aryl methyl sites for hydroxylation is 1. The highest BCUT2D eigenvalue weighted by atomic mass is 19.4. The lowest BCUT2D eigenvalue weighted by molar-refractivity contribution is -0.329. The van der Waals surface area contributed by atoms with Gasteiger partial charge in [0.25, 0.3) is 0 Å². The first-order valence-electron chi connectivity index (χ1n) is 11.3. The van der Waals surface area contributed by atoms with Gasteiger partial charge in [-0.2, -0.15) is 26.3 Å². The van der Waals surface area contributed by atoms with Gasteiger partial charge in [-0.3, -0.25) is 4.90 Å². The lowest BCUT2D eigenvalue weighted by atomic mass is 9.60. The number of rotatable bonds is 4. The minimum atomic E-state index is -5.47. The van der Waals surface area contributed by atoms with Crippen LogP contribution in [0.2, 0.25) is 0 Å². The predicted octanol–water partition coefficient (Wildman–Crippen LogP) is 6.35. The number of likely N-dealkylation sites (tertiary alicyclic amines) is 2. The Balaban J connectivity index is 1.62. The van der Waals surface area contributed by atoms with Crippen LogP contribution in [0.3, 0.4) is 0 Å². The zero-order valence-corrected chi connectivity index (χ0v) is 19.0. The molecule has 1 N–H and O–H groups in total. The van der Waals surface area contributed by atoms with Gasteiger partial charge in [0.1, 0.15) is 0 Å². The summed E-state index contributed by atoms with van der Waals surface area (Å²) in [5.41, 5.74) is 2.08. The average Bonchev–Trinajstić information content (AvgIpc) is 2.77. The summed E-state index contributed by atoms with van der Waals surface area (Å²) in [4.78, 5) is 13.6. The maximum absolute atomic E-state index is 13.8. The molecule has 1 unspecified atom stereocenters. The Bertz CT molecular complexity index is 1050. The summed E-state index contributed by atoms with van der Waals surface area (Å²) in [6, 6.07) is 13.1. The van der Waals surface area contributed by atoms with E-state index in [0.29, 0.717) is 5.56 Å². The van der Waals surface area contributed by atoms with Crippen molar-refractivity contribution in [2.75, 3.05) is 19.6 Å². The van der Waals surface area contributed by atoms with E-state index in [9.17, 15) is 36.2 Å². The van der Waals surface area contributed by atoms with Crippen molar-refractivity contribution in [1.82, 2.24) is 9.80 Å². The fourth-order valence-electron chi connectivity index (χ4n) is 5.63. The van der Waals surface area contributed by atoms with Crippen LogP contribution in [0.5, 0.6) is 0 Å². The minimum absolute atomic E-state index is 0.0327. The molecular weight excluding hydrogens is 474 g/mol. The van der Waals surface area contributed by atoms with Crippen LogP contribution in [0.1, 0.15) is 24.0 Å². The molecule has 0 aromatic heterocycles. The second-order valence-electron chi connectivity index (χ2n) is 9.55. The smallest absolute Gasteiger partial charge is 0.407 e. The van der Waals surface area contributed by atoms with Crippen LogP contribution in [-0.2, 0) is 6.54 Å². The molecule has 2 saturated heterocycles. The second kappa shape index (κ2) is 9.04. The normalized spacial score (nSPS) is 20.8. The van der Waals surface area contributed by atoms with Crippen LogP contribution in [0.15, 0.2) is 48.5 Å². The van der Waals surface area contributed by atoms with E-state index in [0.717, 1.165) is 21.6 Å². The molecule has 2 aromatic rings. The van der Waals surface area contributed by atoms with Crippen LogP contribution in [0, 0.1) is 18.3 Å². The highest BCUT2D eigenvalue weighted by molar-refractivity contribution is 5.65. The number of carbonyl (C=O) groups is 1. The average molecular weight is 500 g/mol. The standard InChI is InChI=1S/C25H26F6N2O2/c1-16-13-18(17-5-3-2-4-6-17)7-8-19(16)14-33-15-23(9-11-32(12-10-23)22(34)35)21(33)20(24(26,27)28)25(29,30)31/h2-8,13,20-21H,9-12,14-15H2,1H3,(H,34,35). The molecule has 4 rings (SSSR count). The molecule has 0 aliphatic carbocycles. The molecule has 4 nitrogen and oxygen atoms in total. The zero-order chi connectivity index (χ0) is 25.6. The van der Waals surface area contributed by atoms with Crippen molar-refractivity contribution in [2.45, 2.75) is 44.7 Å². The predicted molar refractivity (Wildman–Crippen MR) is 118 cm³/mol. The van der Waals surface area contributed by atoms with Crippen LogP contribution < -0.4 is 0 Å². The van der Waals surface area contributed by atoms with Gasteiger partial charge >= 0.3 is 18.4 Å². The number of hydrogen-bond acceptors (Lipinski definition) is 2. The van der Waals surface area contributed by atoms with E-state index < -0.39 is 35.8 Å². The Kier molecular flexibility index (Phi) is 6.54. The molecule has 0 saturated carbocycles. The molecule has 0 bridgehead atoms. The Morgan fingerprint density at radius 1 is 1.00 bits per heavy atom. The fourth-order valence-corrected chi connectivity index (χ4v) is 5.63. The molecule has 190 valence electrons. The van der Waals surface area contributed by atoms with E-state index in [1.807, 2.05) is 42.5 Å². The van der Waals surface area contributed by atoms with E-state index in [1.54, 1.807) is 13.0 Å². The Morgan fingerprint density at radius 3 is 2.11 bits per heavy atom. The number of carboxylic acid groups (broad SMARTS) is 1. The summed E-state index contributed by atoms with van der Waals surface area (Å²) in [6.07, 6.45) is -12.2.